The predicted molar refractivity (Wildman–Crippen MR) is 140 cm³/mol. The Labute approximate surface area is 218 Å². The molecule has 36 heavy (non-hydrogen) atoms. The highest BCUT2D eigenvalue weighted by Crippen LogP contribution is 2.75. The Morgan fingerprint density at radius 3 is 2.33 bits per heavy atom. The fourth-order valence-corrected chi connectivity index (χ4v) is 11.0. The van der Waals surface area contributed by atoms with Crippen molar-refractivity contribution in [2.24, 2.45) is 50.2 Å². The van der Waals surface area contributed by atoms with Crippen molar-refractivity contribution >= 4 is 6.16 Å². The molecule has 0 aliphatic heterocycles. The van der Waals surface area contributed by atoms with Gasteiger partial charge in [-0.15, -0.1) is 0 Å². The van der Waals surface area contributed by atoms with Crippen LogP contribution in [0.25, 0.3) is 0 Å². The highest BCUT2D eigenvalue weighted by Gasteiger charge is 2.69. The fourth-order valence-electron chi connectivity index (χ4n) is 11.0. The van der Waals surface area contributed by atoms with Crippen LogP contribution in [-0.4, -0.2) is 40.8 Å². The van der Waals surface area contributed by atoms with Crippen molar-refractivity contribution in [2.45, 2.75) is 112 Å². The van der Waals surface area contributed by atoms with Crippen LogP contribution in [0.1, 0.15) is 106 Å². The van der Waals surface area contributed by atoms with E-state index in [2.05, 4.69) is 47.6 Å². The zero-order valence-electron chi connectivity index (χ0n) is 23.5. The first-order valence-electron chi connectivity index (χ1n) is 14.5. The first-order valence-corrected chi connectivity index (χ1v) is 14.5. The zero-order chi connectivity index (χ0) is 26.4. The lowest BCUT2D eigenvalue weighted by molar-refractivity contribution is -0.214. The standard InChI is InChI=1S/C31H50O5/c1-26(2)13-14-30(19-36-25(34)35)15-16-31(18-32)20(21(30)17-26)7-8-23-28(5)11-10-24(33)27(3,4)22(28)9-12-29(23,31)6/h7,21-24,32-33H,8-19H2,1-6H3,(H,34,35)/t21-,22?,23-,24-,28+,29-,30-,31+/m1/s1. The van der Waals surface area contributed by atoms with E-state index in [4.69, 9.17) is 4.74 Å². The lowest BCUT2D eigenvalue weighted by Crippen LogP contribution is -2.66. The topological polar surface area (TPSA) is 87.0 Å². The number of aliphatic hydroxyl groups excluding tert-OH is 2. The molecule has 0 radical (unpaired) electrons. The molecule has 5 aliphatic rings. The Hall–Kier alpha value is -1.07. The summed E-state index contributed by atoms with van der Waals surface area (Å²) in [5, 5.41) is 31.6. The minimum atomic E-state index is -1.18. The average molecular weight is 503 g/mol. The van der Waals surface area contributed by atoms with Crippen molar-refractivity contribution in [1.29, 1.82) is 0 Å². The molecule has 0 spiro atoms. The number of rotatable bonds is 3. The Morgan fingerprint density at radius 2 is 1.67 bits per heavy atom. The van der Waals surface area contributed by atoms with Gasteiger partial charge in [0.15, 0.2) is 0 Å². The Kier molecular flexibility index (Phi) is 6.05. The number of ether oxygens (including phenoxy) is 1. The molecular weight excluding hydrogens is 452 g/mol. The number of carboxylic acid groups (broad SMARTS) is 1. The van der Waals surface area contributed by atoms with E-state index in [1.54, 1.807) is 0 Å². The first-order chi connectivity index (χ1) is 16.7. The van der Waals surface area contributed by atoms with Crippen LogP contribution in [0, 0.1) is 50.2 Å². The van der Waals surface area contributed by atoms with Gasteiger partial charge in [0.05, 0.1) is 12.7 Å². The third-order valence-electron chi connectivity index (χ3n) is 13.2. The average Bonchev–Trinajstić information content (AvgIpc) is 2.80. The van der Waals surface area contributed by atoms with Crippen LogP contribution < -0.4 is 0 Å². The molecule has 0 aromatic carbocycles. The summed E-state index contributed by atoms with van der Waals surface area (Å²) < 4.78 is 5.31. The molecule has 5 nitrogen and oxygen atoms in total. The number of aliphatic hydroxyl groups is 2. The normalized spacial score (nSPS) is 48.9. The highest BCUT2D eigenvalue weighted by atomic mass is 16.7. The van der Waals surface area contributed by atoms with Crippen LogP contribution in [0.3, 0.4) is 0 Å². The molecule has 5 aliphatic carbocycles. The molecule has 5 rings (SSSR count). The van der Waals surface area contributed by atoms with E-state index < -0.39 is 6.16 Å². The molecule has 0 aromatic rings. The third kappa shape index (κ3) is 3.43. The maximum Gasteiger partial charge on any atom is 0.505 e. The smallest absolute Gasteiger partial charge is 0.450 e. The summed E-state index contributed by atoms with van der Waals surface area (Å²) in [6, 6.07) is 0. The van der Waals surface area contributed by atoms with Crippen molar-refractivity contribution in [3.8, 4) is 0 Å². The summed E-state index contributed by atoms with van der Waals surface area (Å²) in [7, 11) is 0. The first kappa shape index (κ1) is 26.5. The molecule has 3 N–H and O–H groups in total. The van der Waals surface area contributed by atoms with Crippen molar-refractivity contribution < 1.29 is 24.9 Å². The van der Waals surface area contributed by atoms with Gasteiger partial charge < -0.3 is 20.1 Å². The minimum Gasteiger partial charge on any atom is -0.450 e. The molecule has 8 atom stereocenters. The molecule has 0 saturated heterocycles. The summed E-state index contributed by atoms with van der Waals surface area (Å²) in [6.07, 6.45) is 11.2. The molecule has 0 amide bonds. The van der Waals surface area contributed by atoms with E-state index in [1.807, 2.05) is 0 Å². The van der Waals surface area contributed by atoms with E-state index in [1.165, 1.54) is 5.57 Å². The lowest BCUT2D eigenvalue weighted by atomic mass is 9.33. The Balaban J connectivity index is 1.59. The predicted octanol–water partition coefficient (Wildman–Crippen LogP) is 6.82. The van der Waals surface area contributed by atoms with Gasteiger partial charge in [-0.05, 0) is 104 Å². The SMILES string of the molecule is CC1(C)CC[C@]2(COC(=O)O)CC[C@]3(CO)C(=CC[C@@H]4[C@@]5(C)CC[C@@H](O)C(C)(C)C5CC[C@]43C)[C@H]2C1. The zero-order valence-corrected chi connectivity index (χ0v) is 23.5. The Morgan fingerprint density at radius 1 is 0.972 bits per heavy atom. The molecule has 1 unspecified atom stereocenters. The fraction of sp³-hybridized carbons (Fsp3) is 0.903. The third-order valence-corrected chi connectivity index (χ3v) is 13.2. The van der Waals surface area contributed by atoms with E-state index in [9.17, 15) is 20.1 Å². The number of hydrogen-bond donors (Lipinski definition) is 3. The van der Waals surface area contributed by atoms with Gasteiger partial charge in [-0.3, -0.25) is 0 Å². The maximum atomic E-state index is 11.4. The molecular formula is C31H50O5. The van der Waals surface area contributed by atoms with Gasteiger partial charge in [0.1, 0.15) is 6.61 Å². The number of fused-ring (bicyclic) bond motifs is 7. The quantitative estimate of drug-likeness (QED) is 0.291. The summed E-state index contributed by atoms with van der Waals surface area (Å²) >= 11 is 0. The van der Waals surface area contributed by atoms with Gasteiger partial charge in [-0.25, -0.2) is 4.79 Å². The van der Waals surface area contributed by atoms with Crippen LogP contribution in [0.2, 0.25) is 0 Å². The molecule has 0 aromatic heterocycles. The van der Waals surface area contributed by atoms with E-state index in [-0.39, 0.29) is 57.7 Å². The molecule has 0 heterocycles. The van der Waals surface area contributed by atoms with Crippen LogP contribution >= 0.6 is 0 Å². The molecule has 204 valence electrons. The van der Waals surface area contributed by atoms with Gasteiger partial charge in [-0.2, -0.15) is 0 Å². The highest BCUT2D eigenvalue weighted by molar-refractivity contribution is 5.56. The molecule has 5 heteroatoms. The van der Waals surface area contributed by atoms with Crippen molar-refractivity contribution in [2.75, 3.05) is 13.2 Å². The minimum absolute atomic E-state index is 0.00311. The van der Waals surface area contributed by atoms with Gasteiger partial charge >= 0.3 is 6.16 Å². The van der Waals surface area contributed by atoms with Crippen molar-refractivity contribution in [1.82, 2.24) is 0 Å². The van der Waals surface area contributed by atoms with Gasteiger partial charge in [0.2, 0.25) is 0 Å². The van der Waals surface area contributed by atoms with Crippen LogP contribution in [0.15, 0.2) is 11.6 Å². The molecule has 0 bridgehead atoms. The second-order valence-corrected chi connectivity index (χ2v) is 15.4. The summed E-state index contributed by atoms with van der Waals surface area (Å²) in [5.74, 6) is 1.22. The molecule has 4 saturated carbocycles. The molecule has 4 fully saturated rings. The number of carbonyl (C=O) groups is 1. The maximum absolute atomic E-state index is 11.4. The monoisotopic (exact) mass is 502 g/mol. The number of hydrogen-bond acceptors (Lipinski definition) is 4. The number of allylic oxidation sites excluding steroid dienone is 1. The van der Waals surface area contributed by atoms with E-state index >= 15 is 0 Å². The van der Waals surface area contributed by atoms with Gasteiger partial charge in [0.25, 0.3) is 0 Å². The van der Waals surface area contributed by atoms with Crippen molar-refractivity contribution in [3.63, 3.8) is 0 Å². The van der Waals surface area contributed by atoms with Crippen LogP contribution in [0.4, 0.5) is 4.79 Å². The van der Waals surface area contributed by atoms with Crippen LogP contribution in [-0.2, 0) is 4.74 Å². The van der Waals surface area contributed by atoms with Crippen molar-refractivity contribution in [3.05, 3.63) is 11.6 Å². The summed E-state index contributed by atoms with van der Waals surface area (Å²) in [6.45, 7) is 14.7. The summed E-state index contributed by atoms with van der Waals surface area (Å²) in [4.78, 5) is 11.4. The summed E-state index contributed by atoms with van der Waals surface area (Å²) in [5.41, 5.74) is 1.27. The van der Waals surface area contributed by atoms with Gasteiger partial charge in [0, 0.05) is 10.8 Å². The Bertz CT molecular complexity index is 937. The lowest BCUT2D eigenvalue weighted by Gasteiger charge is -2.71. The second-order valence-electron chi connectivity index (χ2n) is 15.4. The van der Waals surface area contributed by atoms with E-state index in [0.29, 0.717) is 11.8 Å². The van der Waals surface area contributed by atoms with E-state index in [0.717, 1.165) is 64.2 Å². The largest absolute Gasteiger partial charge is 0.505 e. The van der Waals surface area contributed by atoms with Gasteiger partial charge in [-0.1, -0.05) is 53.2 Å². The van der Waals surface area contributed by atoms with Crippen LogP contribution in [0.5, 0.6) is 0 Å². The second kappa shape index (κ2) is 8.21.